The Bertz CT molecular complexity index is 964. The summed E-state index contributed by atoms with van der Waals surface area (Å²) in [5, 5.41) is 15.8. The van der Waals surface area contributed by atoms with E-state index in [1.165, 1.54) is 6.07 Å². The second kappa shape index (κ2) is 13.2. The number of alkyl carbamates (subject to hydrolysis) is 1. The Hall–Kier alpha value is -3.74. The van der Waals surface area contributed by atoms with Crippen molar-refractivity contribution in [3.8, 4) is 18.2 Å². The highest BCUT2D eigenvalue weighted by molar-refractivity contribution is 5.94. The first-order valence-electron chi connectivity index (χ1n) is 11.5. The highest BCUT2D eigenvalue weighted by Crippen LogP contribution is 2.32. The number of aromatic hydroxyl groups is 1. The maximum atomic E-state index is 13.5. The van der Waals surface area contributed by atoms with Gasteiger partial charge in [0.15, 0.2) is 6.04 Å². The molecule has 1 rings (SSSR count). The smallest absolute Gasteiger partial charge is 0.408 e. The fourth-order valence-electron chi connectivity index (χ4n) is 3.21. The van der Waals surface area contributed by atoms with E-state index in [0.717, 1.165) is 11.3 Å². The minimum Gasteiger partial charge on any atom is -0.507 e. The Labute approximate surface area is 206 Å². The van der Waals surface area contributed by atoms with Gasteiger partial charge < -0.3 is 26.2 Å². The predicted octanol–water partition coefficient (Wildman–Crippen LogP) is 2.24. The summed E-state index contributed by atoms with van der Waals surface area (Å²) in [6, 6.07) is 4.27. The van der Waals surface area contributed by atoms with Crippen LogP contribution in [0.4, 0.5) is 4.79 Å². The monoisotopic (exact) mass is 488 g/mol. The van der Waals surface area contributed by atoms with Crippen LogP contribution >= 0.6 is 0 Å². The molecule has 192 valence electrons. The molecule has 10 heteroatoms. The van der Waals surface area contributed by atoms with Gasteiger partial charge in [-0.25, -0.2) is 4.79 Å². The Kier molecular flexibility index (Phi) is 11.1. The number of carbonyl (C=O) groups is 4. The zero-order valence-corrected chi connectivity index (χ0v) is 21.0. The summed E-state index contributed by atoms with van der Waals surface area (Å²) in [4.78, 5) is 51.3. The molecular formula is C25H36N4O6. The lowest BCUT2D eigenvalue weighted by Gasteiger charge is -2.30. The third-order valence-electron chi connectivity index (χ3n) is 4.94. The minimum absolute atomic E-state index is 0.121. The largest absolute Gasteiger partial charge is 0.507 e. The second-order valence-electron chi connectivity index (χ2n) is 9.10. The molecule has 2 atom stereocenters. The molecule has 0 aliphatic rings. The van der Waals surface area contributed by atoms with Gasteiger partial charge in [-0.05, 0) is 46.1 Å². The average Bonchev–Trinajstić information content (AvgIpc) is 2.75. The predicted molar refractivity (Wildman–Crippen MR) is 131 cm³/mol. The summed E-state index contributed by atoms with van der Waals surface area (Å²) >= 11 is 0. The third kappa shape index (κ3) is 9.20. The molecule has 1 aromatic rings. The van der Waals surface area contributed by atoms with Crippen LogP contribution in [0.3, 0.4) is 0 Å². The number of amides is 4. The zero-order valence-electron chi connectivity index (χ0n) is 21.0. The minimum atomic E-state index is -1.39. The molecule has 0 aliphatic carbocycles. The molecule has 1 aromatic carbocycles. The van der Waals surface area contributed by atoms with Gasteiger partial charge in [0.25, 0.3) is 5.91 Å². The summed E-state index contributed by atoms with van der Waals surface area (Å²) in [6.07, 6.45) is 5.90. The number of nitrogens with two attached hydrogens (primary N) is 1. The Morgan fingerprint density at radius 2 is 1.91 bits per heavy atom. The van der Waals surface area contributed by atoms with Crippen LogP contribution in [0.5, 0.6) is 5.75 Å². The molecule has 0 aliphatic heterocycles. The van der Waals surface area contributed by atoms with Crippen LogP contribution in [-0.4, -0.2) is 52.0 Å². The number of carbonyl (C=O) groups excluding carboxylic acids is 4. The quantitative estimate of drug-likeness (QED) is 0.213. The molecule has 0 saturated carbocycles. The lowest BCUT2D eigenvalue weighted by molar-refractivity contribution is -0.138. The summed E-state index contributed by atoms with van der Waals surface area (Å²) in [7, 11) is 0. The summed E-state index contributed by atoms with van der Waals surface area (Å²) in [5.41, 5.74) is 5.00. The molecule has 0 saturated heterocycles. The number of hydrogen-bond donors (Lipinski definition) is 4. The number of phenolic OH excluding ortho intramolecular Hbond substituents is 1. The van der Waals surface area contributed by atoms with Crippen molar-refractivity contribution in [1.29, 1.82) is 0 Å². The molecule has 0 radical (unpaired) electrons. The number of primary amides is 1. The van der Waals surface area contributed by atoms with Gasteiger partial charge in [0, 0.05) is 24.6 Å². The molecule has 0 aromatic heterocycles. The summed E-state index contributed by atoms with van der Waals surface area (Å²) in [6.45, 7) is 8.89. The van der Waals surface area contributed by atoms with E-state index in [2.05, 4.69) is 16.7 Å². The van der Waals surface area contributed by atoms with Crippen molar-refractivity contribution >= 4 is 23.8 Å². The third-order valence-corrected chi connectivity index (χ3v) is 4.94. The van der Waals surface area contributed by atoms with Crippen molar-refractivity contribution in [3.63, 3.8) is 0 Å². The molecule has 35 heavy (non-hydrogen) atoms. The van der Waals surface area contributed by atoms with Gasteiger partial charge in [0.2, 0.25) is 11.8 Å². The van der Waals surface area contributed by atoms with Crippen LogP contribution in [0.2, 0.25) is 0 Å². The number of ether oxygens (including phenoxy) is 1. The Balaban J connectivity index is 3.42. The molecule has 0 fully saturated rings. The van der Waals surface area contributed by atoms with E-state index < -0.39 is 41.5 Å². The van der Waals surface area contributed by atoms with E-state index in [1.807, 2.05) is 6.92 Å². The highest BCUT2D eigenvalue weighted by atomic mass is 16.6. The zero-order chi connectivity index (χ0) is 26.8. The second-order valence-corrected chi connectivity index (χ2v) is 9.10. The van der Waals surface area contributed by atoms with E-state index in [4.69, 9.17) is 16.9 Å². The number of nitrogens with one attached hydrogen (secondary N) is 2. The number of unbranched alkanes of at least 4 members (excludes halogenated alkanes) is 1. The van der Waals surface area contributed by atoms with E-state index >= 15 is 0 Å². The van der Waals surface area contributed by atoms with E-state index in [1.54, 1.807) is 39.8 Å². The molecule has 2 unspecified atom stereocenters. The number of terminal acetylenes is 1. The standard InChI is InChI=1S/C25H36N4O6/c1-7-9-15-27-22(32)20(17-12-10-11-16(3)21(17)31)29(8-2)23(33)18(13-14-19(26)30)28-24(34)35-25(4,5)6/h2,10-12,18,20,31H,7,9,13-15H2,1,3-6H3,(H2,26,30)(H,27,32)(H,28,34). The molecule has 4 amide bonds. The van der Waals surface area contributed by atoms with Crippen LogP contribution in [0.1, 0.15) is 70.5 Å². The van der Waals surface area contributed by atoms with Crippen molar-refractivity contribution in [2.24, 2.45) is 5.73 Å². The normalized spacial score (nSPS) is 12.6. The van der Waals surface area contributed by atoms with E-state index in [0.29, 0.717) is 18.5 Å². The van der Waals surface area contributed by atoms with Crippen LogP contribution in [-0.2, 0) is 19.1 Å². The number of aryl methyl sites for hydroxylation is 1. The van der Waals surface area contributed by atoms with Crippen molar-refractivity contribution in [3.05, 3.63) is 29.3 Å². The van der Waals surface area contributed by atoms with Gasteiger partial charge in [-0.3, -0.25) is 19.3 Å². The number of nitrogens with zero attached hydrogens (tertiary/aromatic N) is 1. The van der Waals surface area contributed by atoms with Gasteiger partial charge in [-0.1, -0.05) is 38.0 Å². The number of benzene rings is 1. The number of para-hydroxylation sites is 1. The average molecular weight is 489 g/mol. The highest BCUT2D eigenvalue weighted by Gasteiger charge is 2.37. The Morgan fingerprint density at radius 3 is 2.46 bits per heavy atom. The molecule has 10 nitrogen and oxygen atoms in total. The molecule has 0 heterocycles. The van der Waals surface area contributed by atoms with Gasteiger partial charge >= 0.3 is 6.09 Å². The first-order valence-corrected chi connectivity index (χ1v) is 11.5. The van der Waals surface area contributed by atoms with Crippen LogP contribution in [0, 0.1) is 19.4 Å². The number of hydrogen-bond acceptors (Lipinski definition) is 6. The van der Waals surface area contributed by atoms with Crippen molar-refractivity contribution < 1.29 is 29.0 Å². The first kappa shape index (κ1) is 29.3. The maximum absolute atomic E-state index is 13.5. The Morgan fingerprint density at radius 1 is 1.26 bits per heavy atom. The summed E-state index contributed by atoms with van der Waals surface area (Å²) < 4.78 is 5.22. The topological polar surface area (TPSA) is 151 Å². The van der Waals surface area contributed by atoms with E-state index in [-0.39, 0.29) is 24.2 Å². The van der Waals surface area contributed by atoms with Gasteiger partial charge in [-0.2, -0.15) is 0 Å². The lowest BCUT2D eigenvalue weighted by Crippen LogP contribution is -2.51. The fourth-order valence-corrected chi connectivity index (χ4v) is 3.21. The van der Waals surface area contributed by atoms with Crippen molar-refractivity contribution in [2.45, 2.75) is 78.0 Å². The van der Waals surface area contributed by atoms with Crippen LogP contribution < -0.4 is 16.4 Å². The first-order chi connectivity index (χ1) is 16.3. The van der Waals surface area contributed by atoms with Crippen LogP contribution in [0.25, 0.3) is 0 Å². The number of rotatable bonds is 11. The lowest BCUT2D eigenvalue weighted by atomic mass is 9.99. The molecule has 0 spiro atoms. The van der Waals surface area contributed by atoms with Gasteiger partial charge in [-0.15, -0.1) is 0 Å². The molecule has 5 N–H and O–H groups in total. The van der Waals surface area contributed by atoms with Gasteiger partial charge in [0.05, 0.1) is 0 Å². The SMILES string of the molecule is C#CN(C(=O)C(CCC(N)=O)NC(=O)OC(C)(C)C)C(C(=O)NCCCC)c1cccc(C)c1O. The van der Waals surface area contributed by atoms with Crippen molar-refractivity contribution in [1.82, 2.24) is 15.5 Å². The molecular weight excluding hydrogens is 452 g/mol. The fraction of sp³-hybridized carbons (Fsp3) is 0.520. The number of phenols is 1. The van der Waals surface area contributed by atoms with Crippen molar-refractivity contribution in [2.75, 3.05) is 6.54 Å². The van der Waals surface area contributed by atoms with Gasteiger partial charge in [0.1, 0.15) is 17.4 Å². The van der Waals surface area contributed by atoms with E-state index in [9.17, 15) is 24.3 Å². The summed E-state index contributed by atoms with van der Waals surface area (Å²) in [5.74, 6) is -2.32. The van der Waals surface area contributed by atoms with Crippen LogP contribution in [0.15, 0.2) is 18.2 Å². The maximum Gasteiger partial charge on any atom is 0.408 e. The molecule has 0 bridgehead atoms.